The summed E-state index contributed by atoms with van der Waals surface area (Å²) in [4.78, 5) is 21.9. The van der Waals surface area contributed by atoms with E-state index >= 15 is 0 Å². The van der Waals surface area contributed by atoms with Gasteiger partial charge in [0.25, 0.3) is 0 Å². The number of carboxylic acids is 1. The summed E-state index contributed by atoms with van der Waals surface area (Å²) in [6.45, 7) is 1.85. The first kappa shape index (κ1) is 13.2. The number of hydrogen-bond acceptors (Lipinski definition) is 2. The molecule has 7 heteroatoms. The van der Waals surface area contributed by atoms with Crippen molar-refractivity contribution >= 4 is 5.97 Å². The molecule has 84 valence electrons. The summed E-state index contributed by atoms with van der Waals surface area (Å²) < 4.78 is 31.7. The highest BCUT2D eigenvalue weighted by molar-refractivity contribution is 5.73. The largest absolute Gasteiger partial charge is 0.490 e. The van der Waals surface area contributed by atoms with Crippen LogP contribution < -0.4 is 5.56 Å². The molecule has 0 aromatic carbocycles. The van der Waals surface area contributed by atoms with E-state index in [1.165, 1.54) is 6.07 Å². The molecule has 0 aliphatic heterocycles. The number of aryl methyl sites for hydroxylation is 1. The third kappa shape index (κ3) is 6.30. The molecule has 0 fully saturated rings. The number of hydrogen-bond donors (Lipinski definition) is 2. The smallest absolute Gasteiger partial charge is 0.475 e. The lowest BCUT2D eigenvalue weighted by atomic mass is 10.4. The molecular formula is C8H8F3NO3. The molecule has 0 unspecified atom stereocenters. The second-order valence-electron chi connectivity index (χ2n) is 2.50. The van der Waals surface area contributed by atoms with E-state index in [0.29, 0.717) is 0 Å². The number of alkyl halides is 3. The minimum atomic E-state index is -5.08. The van der Waals surface area contributed by atoms with Crippen LogP contribution in [0.3, 0.4) is 0 Å². The van der Waals surface area contributed by atoms with Crippen LogP contribution in [0.1, 0.15) is 5.69 Å². The molecular weight excluding hydrogens is 215 g/mol. The molecule has 0 radical (unpaired) electrons. The molecule has 15 heavy (non-hydrogen) atoms. The molecule has 0 spiro atoms. The molecule has 0 aliphatic carbocycles. The van der Waals surface area contributed by atoms with Crippen LogP contribution in [0.4, 0.5) is 13.2 Å². The number of halogens is 3. The standard InChI is InChI=1S/C6H7NO.C2HF3O2/c1-5-3-2-4-6(8)7-5;3-2(4,5)1(6)7/h2-4H,1H3,(H,7,8);(H,6,7). The van der Waals surface area contributed by atoms with Crippen LogP contribution in [-0.2, 0) is 4.79 Å². The Hall–Kier alpha value is -1.79. The topological polar surface area (TPSA) is 70.2 Å². The van der Waals surface area contributed by atoms with Crippen LogP contribution in [0, 0.1) is 6.92 Å². The lowest BCUT2D eigenvalue weighted by Gasteiger charge is -1.93. The molecule has 1 heterocycles. The highest BCUT2D eigenvalue weighted by Crippen LogP contribution is 2.13. The summed E-state index contributed by atoms with van der Waals surface area (Å²) in [7, 11) is 0. The Bertz CT molecular complexity index is 383. The lowest BCUT2D eigenvalue weighted by Crippen LogP contribution is -2.21. The van der Waals surface area contributed by atoms with Crippen molar-refractivity contribution < 1.29 is 23.1 Å². The number of aromatic nitrogens is 1. The van der Waals surface area contributed by atoms with Gasteiger partial charge in [-0.1, -0.05) is 6.07 Å². The number of H-pyrrole nitrogens is 1. The van der Waals surface area contributed by atoms with Gasteiger partial charge in [0.15, 0.2) is 0 Å². The van der Waals surface area contributed by atoms with E-state index in [1.54, 1.807) is 6.07 Å². The molecule has 0 saturated heterocycles. The van der Waals surface area contributed by atoms with Crippen molar-refractivity contribution in [2.24, 2.45) is 0 Å². The summed E-state index contributed by atoms with van der Waals surface area (Å²) in [5.41, 5.74) is 0.863. The van der Waals surface area contributed by atoms with Crippen molar-refractivity contribution in [2.45, 2.75) is 13.1 Å². The van der Waals surface area contributed by atoms with Gasteiger partial charge in [0.05, 0.1) is 0 Å². The minimum absolute atomic E-state index is 0.0370. The molecule has 2 N–H and O–H groups in total. The third-order valence-corrected chi connectivity index (χ3v) is 1.16. The van der Waals surface area contributed by atoms with E-state index in [0.717, 1.165) is 5.69 Å². The maximum atomic E-state index is 10.6. The molecule has 0 atom stereocenters. The average Bonchev–Trinajstić information content (AvgIpc) is 2.02. The molecule has 4 nitrogen and oxygen atoms in total. The zero-order valence-corrected chi connectivity index (χ0v) is 7.63. The quantitative estimate of drug-likeness (QED) is 0.696. The van der Waals surface area contributed by atoms with Crippen LogP contribution in [0.25, 0.3) is 0 Å². The fourth-order valence-corrected chi connectivity index (χ4v) is 0.558. The lowest BCUT2D eigenvalue weighted by molar-refractivity contribution is -0.192. The van der Waals surface area contributed by atoms with E-state index in [4.69, 9.17) is 9.90 Å². The van der Waals surface area contributed by atoms with Crippen LogP contribution in [0.15, 0.2) is 23.0 Å². The second-order valence-corrected chi connectivity index (χ2v) is 2.50. The van der Waals surface area contributed by atoms with E-state index in [2.05, 4.69) is 4.98 Å². The first-order valence-corrected chi connectivity index (χ1v) is 3.69. The number of aliphatic carboxylic acids is 1. The minimum Gasteiger partial charge on any atom is -0.475 e. The van der Waals surface area contributed by atoms with Crippen molar-refractivity contribution in [1.82, 2.24) is 4.98 Å². The van der Waals surface area contributed by atoms with Gasteiger partial charge in [-0.3, -0.25) is 4.79 Å². The van der Waals surface area contributed by atoms with E-state index < -0.39 is 12.1 Å². The number of carbonyl (C=O) groups is 1. The third-order valence-electron chi connectivity index (χ3n) is 1.16. The second kappa shape index (κ2) is 5.18. The fourth-order valence-electron chi connectivity index (χ4n) is 0.558. The van der Waals surface area contributed by atoms with Gasteiger partial charge in [-0.2, -0.15) is 13.2 Å². The van der Waals surface area contributed by atoms with Gasteiger partial charge in [-0.25, -0.2) is 4.79 Å². The molecule has 0 saturated carbocycles. The number of nitrogens with one attached hydrogen (secondary N) is 1. The fraction of sp³-hybridized carbons (Fsp3) is 0.250. The highest BCUT2D eigenvalue weighted by Gasteiger charge is 2.38. The van der Waals surface area contributed by atoms with E-state index in [1.807, 2.05) is 13.0 Å². The Morgan fingerprint density at radius 1 is 1.40 bits per heavy atom. The summed E-state index contributed by atoms with van der Waals surface area (Å²) in [5, 5.41) is 7.12. The van der Waals surface area contributed by atoms with E-state index in [9.17, 15) is 18.0 Å². The van der Waals surface area contributed by atoms with Gasteiger partial charge in [0.2, 0.25) is 5.56 Å². The summed E-state index contributed by atoms with van der Waals surface area (Å²) >= 11 is 0. The van der Waals surface area contributed by atoms with Crippen LogP contribution in [0.2, 0.25) is 0 Å². The highest BCUT2D eigenvalue weighted by atomic mass is 19.4. The molecule has 0 amide bonds. The van der Waals surface area contributed by atoms with Crippen molar-refractivity contribution in [3.8, 4) is 0 Å². The first-order valence-electron chi connectivity index (χ1n) is 3.69. The maximum absolute atomic E-state index is 10.6. The Morgan fingerprint density at radius 3 is 2.07 bits per heavy atom. The predicted octanol–water partition coefficient (Wildman–Crippen LogP) is 1.32. The van der Waals surface area contributed by atoms with Gasteiger partial charge in [-0.05, 0) is 13.0 Å². The van der Waals surface area contributed by atoms with Crippen molar-refractivity contribution in [2.75, 3.05) is 0 Å². The Balaban J connectivity index is 0.000000265. The predicted molar refractivity (Wildman–Crippen MR) is 45.5 cm³/mol. The number of aromatic amines is 1. The number of carboxylic acid groups (broad SMARTS) is 1. The van der Waals surface area contributed by atoms with Gasteiger partial charge in [0, 0.05) is 11.8 Å². The van der Waals surface area contributed by atoms with Crippen LogP contribution in [-0.4, -0.2) is 22.2 Å². The summed E-state index contributed by atoms with van der Waals surface area (Å²) in [6.07, 6.45) is -5.08. The van der Waals surface area contributed by atoms with Gasteiger partial charge in [-0.15, -0.1) is 0 Å². The SMILES string of the molecule is Cc1cccc(=O)[nH]1.O=C(O)C(F)(F)F. The van der Waals surface area contributed by atoms with Crippen molar-refractivity contribution in [3.63, 3.8) is 0 Å². The van der Waals surface area contributed by atoms with E-state index in [-0.39, 0.29) is 5.56 Å². The average molecular weight is 223 g/mol. The number of pyridine rings is 1. The zero-order valence-electron chi connectivity index (χ0n) is 7.63. The van der Waals surface area contributed by atoms with Crippen molar-refractivity contribution in [3.05, 3.63) is 34.2 Å². The van der Waals surface area contributed by atoms with Crippen molar-refractivity contribution in [1.29, 1.82) is 0 Å². The maximum Gasteiger partial charge on any atom is 0.490 e. The molecule has 1 aromatic heterocycles. The molecule has 0 aliphatic rings. The monoisotopic (exact) mass is 223 g/mol. The normalized spacial score (nSPS) is 10.1. The first-order chi connectivity index (χ1) is 6.73. The van der Waals surface area contributed by atoms with Crippen LogP contribution in [0.5, 0.6) is 0 Å². The Morgan fingerprint density at radius 2 is 1.87 bits per heavy atom. The van der Waals surface area contributed by atoms with Gasteiger partial charge >= 0.3 is 12.1 Å². The van der Waals surface area contributed by atoms with Gasteiger partial charge in [0.1, 0.15) is 0 Å². The summed E-state index contributed by atoms with van der Waals surface area (Å²) in [6, 6.07) is 5.07. The van der Waals surface area contributed by atoms with Crippen LogP contribution >= 0.6 is 0 Å². The Kier molecular flexibility index (Phi) is 4.56. The van der Waals surface area contributed by atoms with Gasteiger partial charge < -0.3 is 10.1 Å². The summed E-state index contributed by atoms with van der Waals surface area (Å²) in [5.74, 6) is -2.76. The Labute approximate surface area is 82.4 Å². The molecule has 1 rings (SSSR count). The zero-order chi connectivity index (χ0) is 12.1. The molecule has 0 bridgehead atoms. The number of rotatable bonds is 0. The molecule has 1 aromatic rings.